The van der Waals surface area contributed by atoms with Gasteiger partial charge in [0.05, 0.1) is 12.1 Å². The van der Waals surface area contributed by atoms with Crippen molar-refractivity contribution in [2.75, 3.05) is 5.32 Å². The standard InChI is InChI=1S/C22H22N2O4S/c1-14-4-7-17(8-5-14)26-12-21-24-16(13-29-21)11-20(25)23-15-6-9-18-19(10-15)28-22(2,3)27-18/h4-10,13H,11-12H2,1-3H3,(H,23,25). The third kappa shape index (κ3) is 4.86. The Morgan fingerprint density at radius 2 is 1.90 bits per heavy atom. The van der Waals surface area contributed by atoms with Crippen molar-refractivity contribution in [2.45, 2.75) is 39.6 Å². The first-order valence-corrected chi connectivity index (χ1v) is 10.2. The third-order valence-electron chi connectivity index (χ3n) is 4.26. The molecular weight excluding hydrogens is 388 g/mol. The average molecular weight is 410 g/mol. The van der Waals surface area contributed by atoms with Gasteiger partial charge in [0.2, 0.25) is 11.7 Å². The Bertz CT molecular complexity index is 1030. The number of rotatable bonds is 6. The largest absolute Gasteiger partial charge is 0.486 e. The molecule has 1 N–H and O–H groups in total. The fourth-order valence-corrected chi connectivity index (χ4v) is 3.65. The van der Waals surface area contributed by atoms with Crippen molar-refractivity contribution in [3.63, 3.8) is 0 Å². The molecule has 7 heteroatoms. The Morgan fingerprint density at radius 1 is 1.14 bits per heavy atom. The molecule has 0 aliphatic carbocycles. The number of carbonyl (C=O) groups is 1. The van der Waals surface area contributed by atoms with Gasteiger partial charge in [-0.25, -0.2) is 4.98 Å². The fourth-order valence-electron chi connectivity index (χ4n) is 2.95. The number of hydrogen-bond acceptors (Lipinski definition) is 6. The second-order valence-electron chi connectivity index (χ2n) is 7.32. The lowest BCUT2D eigenvalue weighted by atomic mass is 10.2. The molecule has 1 aliphatic heterocycles. The normalized spacial score (nSPS) is 13.9. The second kappa shape index (κ2) is 7.75. The first-order valence-electron chi connectivity index (χ1n) is 9.31. The molecule has 0 saturated carbocycles. The van der Waals surface area contributed by atoms with Crippen molar-refractivity contribution < 1.29 is 19.0 Å². The molecule has 3 aromatic rings. The molecule has 0 bridgehead atoms. The summed E-state index contributed by atoms with van der Waals surface area (Å²) >= 11 is 1.48. The zero-order chi connectivity index (χ0) is 20.4. The Balaban J connectivity index is 1.31. The molecule has 4 rings (SSSR count). The van der Waals surface area contributed by atoms with Crippen LogP contribution in [0.25, 0.3) is 0 Å². The molecule has 0 fully saturated rings. The predicted octanol–water partition coefficient (Wildman–Crippen LogP) is 4.72. The first-order chi connectivity index (χ1) is 13.9. The van der Waals surface area contributed by atoms with E-state index in [0.29, 0.717) is 23.8 Å². The molecule has 1 aliphatic rings. The lowest BCUT2D eigenvalue weighted by Gasteiger charge is -2.16. The molecule has 29 heavy (non-hydrogen) atoms. The highest BCUT2D eigenvalue weighted by molar-refractivity contribution is 7.09. The lowest BCUT2D eigenvalue weighted by molar-refractivity contribution is -0.115. The minimum Gasteiger partial charge on any atom is -0.486 e. The molecule has 0 unspecified atom stereocenters. The number of aryl methyl sites for hydroxylation is 1. The third-order valence-corrected chi connectivity index (χ3v) is 5.13. The van der Waals surface area contributed by atoms with Gasteiger partial charge in [-0.2, -0.15) is 0 Å². The summed E-state index contributed by atoms with van der Waals surface area (Å²) in [7, 11) is 0. The summed E-state index contributed by atoms with van der Waals surface area (Å²) in [5, 5.41) is 5.60. The Kier molecular flexibility index (Phi) is 5.15. The molecule has 6 nitrogen and oxygen atoms in total. The molecule has 0 atom stereocenters. The van der Waals surface area contributed by atoms with Crippen molar-refractivity contribution in [2.24, 2.45) is 0 Å². The molecule has 1 aromatic heterocycles. The van der Waals surface area contributed by atoms with Crippen LogP contribution in [0, 0.1) is 6.92 Å². The maximum atomic E-state index is 12.4. The molecular formula is C22H22N2O4S. The maximum Gasteiger partial charge on any atom is 0.246 e. The first kappa shape index (κ1) is 19.3. The highest BCUT2D eigenvalue weighted by atomic mass is 32.1. The van der Waals surface area contributed by atoms with E-state index in [-0.39, 0.29) is 12.3 Å². The number of benzene rings is 2. The summed E-state index contributed by atoms with van der Waals surface area (Å²) in [4.78, 5) is 16.9. The topological polar surface area (TPSA) is 69.7 Å². The van der Waals surface area contributed by atoms with E-state index in [1.165, 1.54) is 16.9 Å². The summed E-state index contributed by atoms with van der Waals surface area (Å²) in [5.74, 6) is 1.26. The van der Waals surface area contributed by atoms with Gasteiger partial charge in [-0.1, -0.05) is 17.7 Å². The average Bonchev–Trinajstić information content (AvgIpc) is 3.22. The van der Waals surface area contributed by atoms with Crippen LogP contribution in [0.5, 0.6) is 17.2 Å². The summed E-state index contributed by atoms with van der Waals surface area (Å²) in [5.41, 5.74) is 2.57. The number of fused-ring (bicyclic) bond motifs is 1. The van der Waals surface area contributed by atoms with Crippen LogP contribution >= 0.6 is 11.3 Å². The van der Waals surface area contributed by atoms with Gasteiger partial charge in [-0.15, -0.1) is 11.3 Å². The van der Waals surface area contributed by atoms with Gasteiger partial charge in [-0.3, -0.25) is 4.79 Å². The monoisotopic (exact) mass is 410 g/mol. The molecule has 2 heterocycles. The number of thiazole rings is 1. The summed E-state index contributed by atoms with van der Waals surface area (Å²) in [6.45, 7) is 6.10. The van der Waals surface area contributed by atoms with E-state index in [0.717, 1.165) is 16.5 Å². The van der Waals surface area contributed by atoms with E-state index in [1.807, 2.05) is 50.4 Å². The Morgan fingerprint density at radius 3 is 2.69 bits per heavy atom. The van der Waals surface area contributed by atoms with E-state index in [2.05, 4.69) is 10.3 Å². The lowest BCUT2D eigenvalue weighted by Crippen LogP contribution is -2.29. The van der Waals surface area contributed by atoms with Crippen LogP contribution in [0.2, 0.25) is 0 Å². The molecule has 2 aromatic carbocycles. The minimum absolute atomic E-state index is 0.139. The summed E-state index contributed by atoms with van der Waals surface area (Å²) < 4.78 is 17.1. The molecule has 1 amide bonds. The van der Waals surface area contributed by atoms with Gasteiger partial charge in [-0.05, 0) is 31.2 Å². The number of ether oxygens (including phenoxy) is 3. The number of nitrogens with zero attached hydrogens (tertiary/aromatic N) is 1. The summed E-state index contributed by atoms with van der Waals surface area (Å²) in [6, 6.07) is 13.2. The van der Waals surface area contributed by atoms with Crippen LogP contribution in [0.4, 0.5) is 5.69 Å². The van der Waals surface area contributed by atoms with E-state index >= 15 is 0 Å². The molecule has 0 saturated heterocycles. The number of nitrogens with one attached hydrogen (secondary N) is 1. The van der Waals surface area contributed by atoms with Gasteiger partial charge in [0.1, 0.15) is 17.4 Å². The van der Waals surface area contributed by atoms with E-state index in [4.69, 9.17) is 14.2 Å². The maximum absolute atomic E-state index is 12.4. The zero-order valence-corrected chi connectivity index (χ0v) is 17.3. The Labute approximate surface area is 173 Å². The SMILES string of the molecule is Cc1ccc(OCc2nc(CC(=O)Nc3ccc4c(c3)OC(C)(C)O4)cs2)cc1. The highest BCUT2D eigenvalue weighted by Gasteiger charge is 2.31. The van der Waals surface area contributed by atoms with Crippen molar-refractivity contribution in [1.82, 2.24) is 4.98 Å². The quantitative estimate of drug-likeness (QED) is 0.637. The van der Waals surface area contributed by atoms with Crippen LogP contribution in [-0.4, -0.2) is 16.7 Å². The smallest absolute Gasteiger partial charge is 0.246 e. The van der Waals surface area contributed by atoms with E-state index in [1.54, 1.807) is 18.2 Å². The van der Waals surface area contributed by atoms with E-state index < -0.39 is 5.79 Å². The van der Waals surface area contributed by atoms with Gasteiger partial charge < -0.3 is 19.5 Å². The Hall–Kier alpha value is -3.06. The molecule has 0 spiro atoms. The zero-order valence-electron chi connectivity index (χ0n) is 16.5. The van der Waals surface area contributed by atoms with Crippen molar-refractivity contribution >= 4 is 22.9 Å². The van der Waals surface area contributed by atoms with Crippen LogP contribution in [0.3, 0.4) is 0 Å². The number of carbonyl (C=O) groups excluding carboxylic acids is 1. The number of amides is 1. The van der Waals surface area contributed by atoms with Crippen LogP contribution in [0.1, 0.15) is 30.1 Å². The van der Waals surface area contributed by atoms with E-state index in [9.17, 15) is 4.79 Å². The fraction of sp³-hybridized carbons (Fsp3) is 0.273. The predicted molar refractivity (Wildman–Crippen MR) is 112 cm³/mol. The minimum atomic E-state index is -0.692. The van der Waals surface area contributed by atoms with Crippen molar-refractivity contribution in [1.29, 1.82) is 0 Å². The highest BCUT2D eigenvalue weighted by Crippen LogP contribution is 2.40. The van der Waals surface area contributed by atoms with Gasteiger partial charge in [0.15, 0.2) is 11.5 Å². The van der Waals surface area contributed by atoms with Gasteiger partial charge in [0, 0.05) is 31.0 Å². The van der Waals surface area contributed by atoms with Gasteiger partial charge >= 0.3 is 0 Å². The molecule has 150 valence electrons. The summed E-state index contributed by atoms with van der Waals surface area (Å²) in [6.07, 6.45) is 0.195. The number of anilines is 1. The molecule has 0 radical (unpaired) electrons. The van der Waals surface area contributed by atoms with Crippen molar-refractivity contribution in [3.05, 3.63) is 64.1 Å². The second-order valence-corrected chi connectivity index (χ2v) is 8.27. The van der Waals surface area contributed by atoms with Crippen LogP contribution in [-0.2, 0) is 17.8 Å². The number of aromatic nitrogens is 1. The van der Waals surface area contributed by atoms with Crippen LogP contribution in [0.15, 0.2) is 47.8 Å². The van der Waals surface area contributed by atoms with Gasteiger partial charge in [0.25, 0.3) is 0 Å². The van der Waals surface area contributed by atoms with Crippen LogP contribution < -0.4 is 19.5 Å². The van der Waals surface area contributed by atoms with Crippen molar-refractivity contribution in [3.8, 4) is 17.2 Å². The number of hydrogen-bond donors (Lipinski definition) is 1.